The minimum atomic E-state index is -0.0819. The topological polar surface area (TPSA) is 46.3 Å². The number of anilines is 1. The van der Waals surface area contributed by atoms with Crippen molar-refractivity contribution >= 4 is 11.5 Å². The number of para-hydroxylation sites is 1. The van der Waals surface area contributed by atoms with Crippen LogP contribution in [0.1, 0.15) is 37.3 Å². The van der Waals surface area contributed by atoms with Crippen LogP contribution in [0.25, 0.3) is 0 Å². The molecule has 90 valence electrons. The molecule has 1 aromatic rings. The summed E-state index contributed by atoms with van der Waals surface area (Å²) in [5.74, 6) is 0.329. The summed E-state index contributed by atoms with van der Waals surface area (Å²) < 4.78 is 0. The van der Waals surface area contributed by atoms with Gasteiger partial charge in [-0.3, -0.25) is 9.69 Å². The SMILES string of the molecule is Nc1ccccc1C1C(=O)CCN1C1CCC1. The van der Waals surface area contributed by atoms with Crippen LogP contribution in [0.4, 0.5) is 5.69 Å². The van der Waals surface area contributed by atoms with E-state index in [9.17, 15) is 4.79 Å². The van der Waals surface area contributed by atoms with E-state index in [0.717, 1.165) is 17.8 Å². The Morgan fingerprint density at radius 3 is 2.65 bits per heavy atom. The molecule has 1 saturated carbocycles. The van der Waals surface area contributed by atoms with E-state index in [1.807, 2.05) is 24.3 Å². The number of benzene rings is 1. The first kappa shape index (κ1) is 10.8. The monoisotopic (exact) mass is 230 g/mol. The van der Waals surface area contributed by atoms with E-state index in [0.29, 0.717) is 18.2 Å². The maximum absolute atomic E-state index is 12.1. The van der Waals surface area contributed by atoms with E-state index >= 15 is 0 Å². The second-order valence-corrected chi connectivity index (χ2v) is 5.07. The molecule has 0 radical (unpaired) electrons. The number of carbonyl (C=O) groups is 1. The van der Waals surface area contributed by atoms with Gasteiger partial charge in [0.15, 0.2) is 5.78 Å². The second-order valence-electron chi connectivity index (χ2n) is 5.07. The Morgan fingerprint density at radius 1 is 1.24 bits per heavy atom. The van der Waals surface area contributed by atoms with Crippen LogP contribution in [0.15, 0.2) is 24.3 Å². The molecule has 1 heterocycles. The van der Waals surface area contributed by atoms with Crippen LogP contribution in [0, 0.1) is 0 Å². The molecule has 1 unspecified atom stereocenters. The van der Waals surface area contributed by atoms with Crippen LogP contribution in [0.3, 0.4) is 0 Å². The lowest BCUT2D eigenvalue weighted by atomic mass is 9.89. The van der Waals surface area contributed by atoms with Crippen molar-refractivity contribution in [2.24, 2.45) is 0 Å². The van der Waals surface area contributed by atoms with Crippen LogP contribution in [-0.2, 0) is 4.79 Å². The van der Waals surface area contributed by atoms with Crippen molar-refractivity contribution in [3.05, 3.63) is 29.8 Å². The molecule has 1 aliphatic carbocycles. The third-order valence-corrected chi connectivity index (χ3v) is 4.09. The summed E-state index contributed by atoms with van der Waals surface area (Å²) in [6, 6.07) is 8.30. The molecule has 1 saturated heterocycles. The second kappa shape index (κ2) is 4.15. The highest BCUT2D eigenvalue weighted by atomic mass is 16.1. The molecule has 17 heavy (non-hydrogen) atoms. The molecule has 0 bridgehead atoms. The molecule has 3 rings (SSSR count). The number of rotatable bonds is 2. The molecular weight excluding hydrogens is 212 g/mol. The smallest absolute Gasteiger partial charge is 0.155 e. The highest BCUT2D eigenvalue weighted by Gasteiger charge is 2.40. The Kier molecular flexibility index (Phi) is 2.63. The molecule has 2 aliphatic rings. The lowest BCUT2D eigenvalue weighted by molar-refractivity contribution is -0.120. The Hall–Kier alpha value is -1.35. The van der Waals surface area contributed by atoms with E-state index in [2.05, 4.69) is 4.90 Å². The van der Waals surface area contributed by atoms with Gasteiger partial charge in [-0.2, -0.15) is 0 Å². The number of nitrogens with two attached hydrogens (primary N) is 1. The van der Waals surface area contributed by atoms with Crippen LogP contribution in [-0.4, -0.2) is 23.3 Å². The van der Waals surface area contributed by atoms with Gasteiger partial charge < -0.3 is 5.73 Å². The molecule has 3 nitrogen and oxygen atoms in total. The fourth-order valence-electron chi connectivity index (χ4n) is 2.91. The molecule has 1 aliphatic heterocycles. The predicted molar refractivity (Wildman–Crippen MR) is 67.6 cm³/mol. The average Bonchev–Trinajstić information content (AvgIpc) is 2.59. The van der Waals surface area contributed by atoms with E-state index in [1.54, 1.807) is 0 Å². The number of ketones is 1. The number of hydrogen-bond donors (Lipinski definition) is 1. The Bertz CT molecular complexity index is 440. The first-order valence-corrected chi connectivity index (χ1v) is 6.40. The number of likely N-dealkylation sites (tertiary alicyclic amines) is 1. The fraction of sp³-hybridized carbons (Fsp3) is 0.500. The summed E-state index contributed by atoms with van der Waals surface area (Å²) in [5, 5.41) is 0. The van der Waals surface area contributed by atoms with Gasteiger partial charge in [-0.25, -0.2) is 0 Å². The third kappa shape index (κ3) is 1.75. The van der Waals surface area contributed by atoms with Crippen LogP contribution in [0.2, 0.25) is 0 Å². The number of carbonyl (C=O) groups excluding carboxylic acids is 1. The first-order valence-electron chi connectivity index (χ1n) is 6.40. The molecular formula is C14H18N2O. The summed E-state index contributed by atoms with van der Waals surface area (Å²) in [6.07, 6.45) is 4.44. The zero-order valence-electron chi connectivity index (χ0n) is 9.93. The molecule has 0 amide bonds. The van der Waals surface area contributed by atoms with Crippen LogP contribution in [0.5, 0.6) is 0 Å². The zero-order valence-corrected chi connectivity index (χ0v) is 9.93. The Labute approximate surface area is 102 Å². The van der Waals surface area contributed by atoms with Gasteiger partial charge >= 0.3 is 0 Å². The fourth-order valence-corrected chi connectivity index (χ4v) is 2.91. The van der Waals surface area contributed by atoms with Crippen molar-refractivity contribution in [3.63, 3.8) is 0 Å². The van der Waals surface area contributed by atoms with Gasteiger partial charge in [-0.15, -0.1) is 0 Å². The lowest BCUT2D eigenvalue weighted by Crippen LogP contribution is -2.40. The van der Waals surface area contributed by atoms with Crippen molar-refractivity contribution in [2.75, 3.05) is 12.3 Å². The quantitative estimate of drug-likeness (QED) is 0.792. The molecule has 0 aromatic heterocycles. The van der Waals surface area contributed by atoms with Gasteiger partial charge in [0.25, 0.3) is 0 Å². The van der Waals surface area contributed by atoms with Gasteiger partial charge in [-0.1, -0.05) is 24.6 Å². The standard InChI is InChI=1S/C14H18N2O/c15-12-7-2-1-6-11(12)14-13(17)8-9-16(14)10-4-3-5-10/h1-2,6-7,10,14H,3-5,8-9,15H2. The van der Waals surface area contributed by atoms with Gasteiger partial charge in [-0.05, 0) is 24.5 Å². The van der Waals surface area contributed by atoms with Crippen molar-refractivity contribution in [2.45, 2.75) is 37.8 Å². The van der Waals surface area contributed by atoms with E-state index in [1.165, 1.54) is 19.3 Å². The Morgan fingerprint density at radius 2 is 2.00 bits per heavy atom. The highest BCUT2D eigenvalue weighted by Crippen LogP contribution is 2.38. The maximum atomic E-state index is 12.1. The molecule has 1 atom stereocenters. The number of nitrogen functional groups attached to an aromatic ring is 1. The molecule has 1 aromatic carbocycles. The zero-order chi connectivity index (χ0) is 11.8. The largest absolute Gasteiger partial charge is 0.398 e. The van der Waals surface area contributed by atoms with Gasteiger partial charge in [0.05, 0.1) is 6.04 Å². The van der Waals surface area contributed by atoms with Gasteiger partial charge in [0.2, 0.25) is 0 Å². The minimum absolute atomic E-state index is 0.0819. The molecule has 3 heteroatoms. The van der Waals surface area contributed by atoms with Crippen LogP contribution >= 0.6 is 0 Å². The van der Waals surface area contributed by atoms with Crippen LogP contribution < -0.4 is 5.73 Å². The van der Waals surface area contributed by atoms with E-state index in [4.69, 9.17) is 5.73 Å². The average molecular weight is 230 g/mol. The van der Waals surface area contributed by atoms with Gasteiger partial charge in [0.1, 0.15) is 0 Å². The van der Waals surface area contributed by atoms with E-state index in [-0.39, 0.29) is 6.04 Å². The predicted octanol–water partition coefficient (Wildman–Crippen LogP) is 2.14. The normalized spacial score (nSPS) is 26.1. The molecule has 2 N–H and O–H groups in total. The highest BCUT2D eigenvalue weighted by molar-refractivity contribution is 5.88. The summed E-state index contributed by atoms with van der Waals surface area (Å²) in [7, 11) is 0. The molecule has 2 fully saturated rings. The minimum Gasteiger partial charge on any atom is -0.398 e. The third-order valence-electron chi connectivity index (χ3n) is 4.09. The number of Topliss-reactive ketones (excluding diaryl/α,β-unsaturated/α-hetero) is 1. The summed E-state index contributed by atoms with van der Waals surface area (Å²) in [6.45, 7) is 0.905. The maximum Gasteiger partial charge on any atom is 0.155 e. The molecule has 0 spiro atoms. The van der Waals surface area contributed by atoms with E-state index < -0.39 is 0 Å². The number of nitrogens with zero attached hydrogens (tertiary/aromatic N) is 1. The first-order chi connectivity index (χ1) is 8.27. The summed E-state index contributed by atoms with van der Waals surface area (Å²) in [4.78, 5) is 14.4. The van der Waals surface area contributed by atoms with Crippen molar-refractivity contribution in [1.82, 2.24) is 4.90 Å². The van der Waals surface area contributed by atoms with Gasteiger partial charge in [0, 0.05) is 24.7 Å². The summed E-state index contributed by atoms with van der Waals surface area (Å²) >= 11 is 0. The van der Waals surface area contributed by atoms with Crippen molar-refractivity contribution in [1.29, 1.82) is 0 Å². The number of hydrogen-bond acceptors (Lipinski definition) is 3. The summed E-state index contributed by atoms with van der Waals surface area (Å²) in [5.41, 5.74) is 7.75. The Balaban J connectivity index is 1.93. The van der Waals surface area contributed by atoms with Crippen molar-refractivity contribution in [3.8, 4) is 0 Å². The lowest BCUT2D eigenvalue weighted by Gasteiger charge is -2.38. The van der Waals surface area contributed by atoms with Crippen molar-refractivity contribution < 1.29 is 4.79 Å².